The maximum absolute atomic E-state index is 14.2. The van der Waals surface area contributed by atoms with Crippen LogP contribution < -0.4 is 5.56 Å². The number of fused-ring (bicyclic) bond motifs is 5. The van der Waals surface area contributed by atoms with E-state index in [0.717, 1.165) is 0 Å². The van der Waals surface area contributed by atoms with E-state index in [-0.39, 0.29) is 31.6 Å². The molecule has 0 unspecified atom stereocenters. The molecular formula is C27H20F2N2O4. The quantitative estimate of drug-likeness (QED) is 0.383. The maximum Gasteiger partial charge on any atom is 0.309 e. The number of carbonyl (C=O) groups is 1. The zero-order valence-electron chi connectivity index (χ0n) is 18.8. The highest BCUT2D eigenvalue weighted by Crippen LogP contribution is 2.43. The first kappa shape index (κ1) is 21.6. The lowest BCUT2D eigenvalue weighted by Gasteiger charge is -2.26. The minimum absolute atomic E-state index is 0.154. The Balaban J connectivity index is 1.68. The van der Waals surface area contributed by atoms with Crippen LogP contribution in [0.3, 0.4) is 0 Å². The van der Waals surface area contributed by atoms with Gasteiger partial charge in [-0.05, 0) is 53.4 Å². The van der Waals surface area contributed by atoms with E-state index in [9.17, 15) is 23.5 Å². The summed E-state index contributed by atoms with van der Waals surface area (Å²) >= 11 is 0. The summed E-state index contributed by atoms with van der Waals surface area (Å²) in [4.78, 5) is 30.4. The number of pyridine rings is 2. The van der Waals surface area contributed by atoms with Crippen LogP contribution in [0, 0.1) is 11.6 Å². The Bertz CT molecular complexity index is 1630. The third-order valence-electron chi connectivity index (χ3n) is 7.02. The fourth-order valence-electron chi connectivity index (χ4n) is 5.23. The van der Waals surface area contributed by atoms with Crippen LogP contribution in [0.5, 0.6) is 0 Å². The molecule has 2 aliphatic rings. The summed E-state index contributed by atoms with van der Waals surface area (Å²) in [5.74, 6) is -1.47. The van der Waals surface area contributed by atoms with Gasteiger partial charge in [-0.2, -0.15) is 0 Å². The highest BCUT2D eigenvalue weighted by Gasteiger charge is 2.39. The van der Waals surface area contributed by atoms with Gasteiger partial charge in [0.2, 0.25) is 0 Å². The van der Waals surface area contributed by atoms with Gasteiger partial charge in [0.1, 0.15) is 23.8 Å². The monoisotopic (exact) mass is 474 g/mol. The molecule has 2 aromatic carbocycles. The number of aromatic nitrogens is 2. The van der Waals surface area contributed by atoms with E-state index in [0.29, 0.717) is 44.5 Å². The third kappa shape index (κ3) is 3.20. The first-order chi connectivity index (χ1) is 16.8. The van der Waals surface area contributed by atoms with E-state index in [4.69, 9.17) is 9.72 Å². The van der Waals surface area contributed by atoms with Gasteiger partial charge in [-0.1, -0.05) is 19.1 Å². The molecule has 8 heteroatoms. The summed E-state index contributed by atoms with van der Waals surface area (Å²) in [5, 5.41) is 11.9. The molecule has 0 amide bonds. The van der Waals surface area contributed by atoms with Crippen LogP contribution >= 0.6 is 0 Å². The SMILES string of the molecule is CC[C@@]1(O)CC(=O)OCc2c1cc1n(c2=O)Cc2c-1nc1cc(F)ccc1c2-c1cccc(F)c1. The Kier molecular flexibility index (Phi) is 4.66. The summed E-state index contributed by atoms with van der Waals surface area (Å²) in [7, 11) is 0. The molecule has 0 spiro atoms. The normalized spacial score (nSPS) is 18.6. The van der Waals surface area contributed by atoms with Gasteiger partial charge < -0.3 is 14.4 Å². The Labute approximate surface area is 198 Å². The molecule has 35 heavy (non-hydrogen) atoms. The number of nitrogens with zero attached hydrogens (tertiary/aromatic N) is 2. The average Bonchev–Trinajstić information content (AvgIpc) is 3.13. The summed E-state index contributed by atoms with van der Waals surface area (Å²) < 4.78 is 35.1. The number of ether oxygens (including phenoxy) is 1. The molecule has 176 valence electrons. The Morgan fingerprint density at radius 2 is 1.89 bits per heavy atom. The smallest absolute Gasteiger partial charge is 0.309 e. The zero-order chi connectivity index (χ0) is 24.5. The number of rotatable bonds is 2. The van der Waals surface area contributed by atoms with Gasteiger partial charge in [-0.25, -0.2) is 13.8 Å². The second-order valence-corrected chi connectivity index (χ2v) is 9.02. The summed E-state index contributed by atoms with van der Waals surface area (Å²) in [6.07, 6.45) is -0.0626. The van der Waals surface area contributed by atoms with Crippen LogP contribution in [0.2, 0.25) is 0 Å². The van der Waals surface area contributed by atoms with Crippen molar-refractivity contribution < 1.29 is 23.4 Å². The molecule has 6 nitrogen and oxygen atoms in total. The topological polar surface area (TPSA) is 81.4 Å². The van der Waals surface area contributed by atoms with E-state index in [1.807, 2.05) is 0 Å². The van der Waals surface area contributed by atoms with Gasteiger partial charge in [0.25, 0.3) is 5.56 Å². The van der Waals surface area contributed by atoms with Crippen molar-refractivity contribution in [1.29, 1.82) is 0 Å². The van der Waals surface area contributed by atoms with Crippen LogP contribution in [-0.2, 0) is 28.3 Å². The number of esters is 1. The van der Waals surface area contributed by atoms with E-state index in [1.165, 1.54) is 28.8 Å². The molecule has 2 aromatic heterocycles. The van der Waals surface area contributed by atoms with Crippen LogP contribution in [-0.4, -0.2) is 20.6 Å². The average molecular weight is 474 g/mol. The first-order valence-electron chi connectivity index (χ1n) is 11.3. The van der Waals surface area contributed by atoms with Crippen molar-refractivity contribution in [2.75, 3.05) is 0 Å². The molecule has 4 heterocycles. The number of carbonyl (C=O) groups excluding carboxylic acids is 1. The summed E-state index contributed by atoms with van der Waals surface area (Å²) in [6, 6.07) is 12.0. The Morgan fingerprint density at radius 3 is 2.66 bits per heavy atom. The van der Waals surface area contributed by atoms with Crippen LogP contribution in [0.25, 0.3) is 33.4 Å². The highest BCUT2D eigenvalue weighted by atomic mass is 19.1. The molecule has 0 aliphatic carbocycles. The third-order valence-corrected chi connectivity index (χ3v) is 7.02. The number of hydrogen-bond acceptors (Lipinski definition) is 5. The van der Waals surface area contributed by atoms with E-state index in [2.05, 4.69) is 0 Å². The van der Waals surface area contributed by atoms with Crippen molar-refractivity contribution in [1.82, 2.24) is 9.55 Å². The van der Waals surface area contributed by atoms with Gasteiger partial charge in [0.05, 0.1) is 35.4 Å². The second-order valence-electron chi connectivity index (χ2n) is 9.02. The van der Waals surface area contributed by atoms with Gasteiger partial charge in [0, 0.05) is 17.0 Å². The van der Waals surface area contributed by atoms with E-state index >= 15 is 0 Å². The molecule has 1 atom stereocenters. The molecule has 1 N–H and O–H groups in total. The van der Waals surface area contributed by atoms with Crippen LogP contribution in [0.15, 0.2) is 53.3 Å². The molecule has 0 saturated heterocycles. The lowest BCUT2D eigenvalue weighted by Crippen LogP contribution is -2.32. The number of halogens is 2. The van der Waals surface area contributed by atoms with E-state index in [1.54, 1.807) is 31.2 Å². The minimum atomic E-state index is -1.56. The lowest BCUT2D eigenvalue weighted by atomic mass is 9.85. The second kappa shape index (κ2) is 7.55. The summed E-state index contributed by atoms with van der Waals surface area (Å²) in [6.45, 7) is 1.66. The number of cyclic esters (lactones) is 1. The Morgan fingerprint density at radius 1 is 1.09 bits per heavy atom. The van der Waals surface area contributed by atoms with Crippen molar-refractivity contribution in [2.24, 2.45) is 0 Å². The predicted molar refractivity (Wildman–Crippen MR) is 124 cm³/mol. The molecule has 6 rings (SSSR count). The maximum atomic E-state index is 14.2. The number of benzene rings is 2. The van der Waals surface area contributed by atoms with Crippen molar-refractivity contribution in [3.8, 4) is 22.5 Å². The lowest BCUT2D eigenvalue weighted by molar-refractivity contribution is -0.149. The van der Waals surface area contributed by atoms with Crippen molar-refractivity contribution in [2.45, 2.75) is 38.5 Å². The predicted octanol–water partition coefficient (Wildman–Crippen LogP) is 4.41. The number of hydrogen-bond donors (Lipinski definition) is 1. The molecule has 0 fully saturated rings. The van der Waals surface area contributed by atoms with Gasteiger partial charge >= 0.3 is 5.97 Å². The van der Waals surface area contributed by atoms with Crippen LogP contribution in [0.1, 0.15) is 36.5 Å². The molecular weight excluding hydrogens is 454 g/mol. The highest BCUT2D eigenvalue weighted by molar-refractivity contribution is 5.99. The van der Waals surface area contributed by atoms with Gasteiger partial charge in [0.15, 0.2) is 0 Å². The fourth-order valence-corrected chi connectivity index (χ4v) is 5.23. The number of aliphatic hydroxyl groups is 1. The Hall–Kier alpha value is -3.91. The van der Waals surface area contributed by atoms with Crippen molar-refractivity contribution in [3.63, 3.8) is 0 Å². The molecule has 2 aliphatic heterocycles. The van der Waals surface area contributed by atoms with Crippen molar-refractivity contribution >= 4 is 16.9 Å². The standard InChI is InChI=1S/C27H20F2N2O4/c1-2-27(34)11-23(32)35-13-19-20(27)10-22-25-18(12-31(22)26(19)33)24(14-4-3-5-15(28)8-14)17-7-6-16(29)9-21(17)30-25/h3-10,34H,2,11-13H2,1H3/t27-/m1/s1. The molecule has 4 aromatic rings. The van der Waals surface area contributed by atoms with Gasteiger partial charge in [-0.15, -0.1) is 0 Å². The largest absolute Gasteiger partial charge is 0.460 e. The molecule has 0 saturated carbocycles. The van der Waals surface area contributed by atoms with Gasteiger partial charge in [-0.3, -0.25) is 9.59 Å². The van der Waals surface area contributed by atoms with Crippen LogP contribution in [0.4, 0.5) is 8.78 Å². The summed E-state index contributed by atoms with van der Waals surface area (Å²) in [5.41, 5.74) is 1.83. The molecule has 0 bridgehead atoms. The molecule has 0 radical (unpaired) electrons. The first-order valence-corrected chi connectivity index (χ1v) is 11.3. The minimum Gasteiger partial charge on any atom is -0.460 e. The van der Waals surface area contributed by atoms with E-state index < -0.39 is 28.8 Å². The van der Waals surface area contributed by atoms with Crippen molar-refractivity contribution in [3.05, 3.63) is 87.2 Å². The zero-order valence-corrected chi connectivity index (χ0v) is 18.8. The fraction of sp³-hybridized carbons (Fsp3) is 0.222.